The van der Waals surface area contributed by atoms with Gasteiger partial charge in [-0.2, -0.15) is 0 Å². The van der Waals surface area contributed by atoms with Gasteiger partial charge in [-0.3, -0.25) is 4.79 Å². The lowest BCUT2D eigenvalue weighted by Crippen LogP contribution is -2.28. The van der Waals surface area contributed by atoms with E-state index in [2.05, 4.69) is 10.0 Å². The maximum atomic E-state index is 13.8. The fourth-order valence-electron chi connectivity index (χ4n) is 2.72. The standard InChI is InChI=1S/C17H17FN2O3S/c1-11(14-4-2-3-5-15(14)18)20-24(22,23)13-7-8-16-12(10-13)6-9-17(21)19-16/h2-5,7-8,10-11,20H,6,9H2,1H3,(H,19,21). The van der Waals surface area contributed by atoms with Crippen molar-refractivity contribution >= 4 is 21.6 Å². The molecule has 0 aromatic heterocycles. The summed E-state index contributed by atoms with van der Waals surface area (Å²) in [6, 6.07) is 9.91. The van der Waals surface area contributed by atoms with Gasteiger partial charge < -0.3 is 5.32 Å². The Morgan fingerprint density at radius 2 is 1.92 bits per heavy atom. The molecule has 1 atom stereocenters. The van der Waals surface area contributed by atoms with Crippen LogP contribution < -0.4 is 10.0 Å². The number of amides is 1. The molecule has 1 amide bonds. The number of halogens is 1. The van der Waals surface area contributed by atoms with Crippen LogP contribution in [0.15, 0.2) is 47.4 Å². The normalized spacial score (nSPS) is 15.5. The Balaban J connectivity index is 1.86. The second-order valence-electron chi connectivity index (χ2n) is 5.73. The van der Waals surface area contributed by atoms with E-state index in [0.29, 0.717) is 18.5 Å². The van der Waals surface area contributed by atoms with E-state index in [4.69, 9.17) is 0 Å². The third-order valence-electron chi connectivity index (χ3n) is 3.99. The lowest BCUT2D eigenvalue weighted by atomic mass is 10.0. The minimum Gasteiger partial charge on any atom is -0.326 e. The molecule has 1 aliphatic heterocycles. The van der Waals surface area contributed by atoms with E-state index in [0.717, 1.165) is 5.56 Å². The van der Waals surface area contributed by atoms with Crippen molar-refractivity contribution in [3.05, 3.63) is 59.4 Å². The molecule has 2 aromatic carbocycles. The SMILES string of the molecule is CC(NS(=O)(=O)c1ccc2c(c1)CCC(=O)N2)c1ccccc1F. The number of hydrogen-bond acceptors (Lipinski definition) is 3. The molecule has 0 bridgehead atoms. The van der Waals surface area contributed by atoms with Gasteiger partial charge in [-0.1, -0.05) is 18.2 Å². The number of rotatable bonds is 4. The number of carbonyl (C=O) groups excluding carboxylic acids is 1. The fraction of sp³-hybridized carbons (Fsp3) is 0.235. The highest BCUT2D eigenvalue weighted by atomic mass is 32.2. The molecule has 1 unspecified atom stereocenters. The number of benzene rings is 2. The first-order valence-corrected chi connectivity index (χ1v) is 9.05. The fourth-order valence-corrected chi connectivity index (χ4v) is 3.99. The van der Waals surface area contributed by atoms with Crippen LogP contribution in [0.1, 0.15) is 30.5 Å². The molecule has 0 aliphatic carbocycles. The molecule has 0 fully saturated rings. The Morgan fingerprint density at radius 1 is 1.17 bits per heavy atom. The van der Waals surface area contributed by atoms with E-state index < -0.39 is 21.9 Å². The summed E-state index contributed by atoms with van der Waals surface area (Å²) < 4.78 is 41.4. The van der Waals surface area contributed by atoms with Crippen molar-refractivity contribution < 1.29 is 17.6 Å². The molecule has 2 N–H and O–H groups in total. The Hall–Kier alpha value is -2.25. The highest BCUT2D eigenvalue weighted by Crippen LogP contribution is 2.26. The van der Waals surface area contributed by atoms with Crippen molar-refractivity contribution in [2.45, 2.75) is 30.7 Å². The highest BCUT2D eigenvalue weighted by molar-refractivity contribution is 7.89. The van der Waals surface area contributed by atoms with Gasteiger partial charge in [-0.05, 0) is 43.2 Å². The zero-order valence-corrected chi connectivity index (χ0v) is 13.9. The van der Waals surface area contributed by atoms with Crippen LogP contribution in [-0.4, -0.2) is 14.3 Å². The Morgan fingerprint density at radius 3 is 2.67 bits per heavy atom. The number of carbonyl (C=O) groups is 1. The summed E-state index contributed by atoms with van der Waals surface area (Å²) in [7, 11) is -3.80. The van der Waals surface area contributed by atoms with Crippen molar-refractivity contribution in [2.75, 3.05) is 5.32 Å². The van der Waals surface area contributed by atoms with E-state index in [-0.39, 0.29) is 16.4 Å². The summed E-state index contributed by atoms with van der Waals surface area (Å²) in [5, 5.41) is 2.71. The largest absolute Gasteiger partial charge is 0.326 e. The molecule has 126 valence electrons. The zero-order chi connectivity index (χ0) is 17.3. The van der Waals surface area contributed by atoms with Gasteiger partial charge in [0.15, 0.2) is 0 Å². The summed E-state index contributed by atoms with van der Waals surface area (Å²) >= 11 is 0. The summed E-state index contributed by atoms with van der Waals surface area (Å²) in [6.45, 7) is 1.59. The topological polar surface area (TPSA) is 75.3 Å². The van der Waals surface area contributed by atoms with Crippen molar-refractivity contribution in [1.82, 2.24) is 4.72 Å². The number of anilines is 1. The van der Waals surface area contributed by atoms with Gasteiger partial charge >= 0.3 is 0 Å². The van der Waals surface area contributed by atoms with Crippen LogP contribution in [-0.2, 0) is 21.2 Å². The first-order chi connectivity index (χ1) is 11.4. The highest BCUT2D eigenvalue weighted by Gasteiger charge is 2.23. The summed E-state index contributed by atoms with van der Waals surface area (Å²) in [5.41, 5.74) is 1.69. The van der Waals surface area contributed by atoms with Gasteiger partial charge in [0.05, 0.1) is 4.90 Å². The van der Waals surface area contributed by atoms with E-state index in [1.165, 1.54) is 12.1 Å². The van der Waals surface area contributed by atoms with Crippen LogP contribution in [0.2, 0.25) is 0 Å². The molecule has 1 aliphatic rings. The molecule has 0 saturated heterocycles. The van der Waals surface area contributed by atoms with Gasteiger partial charge in [-0.25, -0.2) is 17.5 Å². The van der Waals surface area contributed by atoms with Crippen molar-refractivity contribution in [3.8, 4) is 0 Å². The molecule has 0 saturated carbocycles. The lowest BCUT2D eigenvalue weighted by Gasteiger charge is -2.19. The van der Waals surface area contributed by atoms with Crippen LogP contribution in [0.3, 0.4) is 0 Å². The Bertz CT molecular complexity index is 896. The average molecular weight is 348 g/mol. The smallest absolute Gasteiger partial charge is 0.241 e. The van der Waals surface area contributed by atoms with Gasteiger partial charge in [-0.15, -0.1) is 0 Å². The van der Waals surface area contributed by atoms with E-state index in [9.17, 15) is 17.6 Å². The van der Waals surface area contributed by atoms with E-state index >= 15 is 0 Å². The summed E-state index contributed by atoms with van der Waals surface area (Å²) in [6.07, 6.45) is 0.822. The molecule has 7 heteroatoms. The first kappa shape index (κ1) is 16.6. The first-order valence-electron chi connectivity index (χ1n) is 7.56. The molecule has 24 heavy (non-hydrogen) atoms. The third-order valence-corrected chi connectivity index (χ3v) is 5.52. The molecule has 5 nitrogen and oxygen atoms in total. The molecule has 3 rings (SSSR count). The second kappa shape index (κ2) is 6.33. The van der Waals surface area contributed by atoms with Gasteiger partial charge in [0, 0.05) is 23.7 Å². The number of aryl methyl sites for hydroxylation is 1. The van der Waals surface area contributed by atoms with Crippen molar-refractivity contribution in [3.63, 3.8) is 0 Å². The van der Waals surface area contributed by atoms with Crippen LogP contribution >= 0.6 is 0 Å². The molecular weight excluding hydrogens is 331 g/mol. The van der Waals surface area contributed by atoms with Crippen molar-refractivity contribution in [1.29, 1.82) is 0 Å². The second-order valence-corrected chi connectivity index (χ2v) is 7.45. The lowest BCUT2D eigenvalue weighted by molar-refractivity contribution is -0.116. The molecule has 0 spiro atoms. The minimum absolute atomic E-state index is 0.0793. The van der Waals surface area contributed by atoms with Gasteiger partial charge in [0.2, 0.25) is 15.9 Å². The molecule has 2 aromatic rings. The quantitative estimate of drug-likeness (QED) is 0.892. The summed E-state index contributed by atoms with van der Waals surface area (Å²) in [4.78, 5) is 11.5. The Labute approximate surface area is 139 Å². The van der Waals surface area contributed by atoms with Crippen LogP contribution in [0.25, 0.3) is 0 Å². The predicted octanol–water partition coefficient (Wildman–Crippen LogP) is 2.75. The number of hydrogen-bond donors (Lipinski definition) is 2. The average Bonchev–Trinajstić information content (AvgIpc) is 2.54. The molecular formula is C17H17FN2O3S. The van der Waals surface area contributed by atoms with E-state index in [1.54, 1.807) is 37.3 Å². The van der Waals surface area contributed by atoms with Gasteiger partial charge in [0.1, 0.15) is 5.82 Å². The molecule has 1 heterocycles. The number of sulfonamides is 1. The third kappa shape index (κ3) is 3.32. The van der Waals surface area contributed by atoms with Crippen LogP contribution in [0.4, 0.5) is 10.1 Å². The Kier molecular flexibility index (Phi) is 4.38. The van der Waals surface area contributed by atoms with E-state index in [1.807, 2.05) is 0 Å². The van der Waals surface area contributed by atoms with Crippen molar-refractivity contribution in [2.24, 2.45) is 0 Å². The number of nitrogens with one attached hydrogen (secondary N) is 2. The number of fused-ring (bicyclic) bond motifs is 1. The predicted molar refractivity (Wildman–Crippen MR) is 88.5 cm³/mol. The maximum Gasteiger partial charge on any atom is 0.241 e. The zero-order valence-electron chi connectivity index (χ0n) is 13.0. The van der Waals surface area contributed by atoms with Crippen LogP contribution in [0.5, 0.6) is 0 Å². The maximum absolute atomic E-state index is 13.8. The summed E-state index contributed by atoms with van der Waals surface area (Å²) in [5.74, 6) is -0.537. The molecule has 0 radical (unpaired) electrons. The minimum atomic E-state index is -3.80. The van der Waals surface area contributed by atoms with Gasteiger partial charge in [0.25, 0.3) is 0 Å². The monoisotopic (exact) mass is 348 g/mol. The van der Waals surface area contributed by atoms with Crippen LogP contribution in [0, 0.1) is 5.82 Å².